The zero-order valence-corrected chi connectivity index (χ0v) is 5.38. The fourth-order valence-electron chi connectivity index (χ4n) is 0.108. The highest BCUT2D eigenvalue weighted by atomic mass is 35.5. The summed E-state index contributed by atoms with van der Waals surface area (Å²) < 4.78 is 0. The molecule has 0 atom stereocenters. The van der Waals surface area contributed by atoms with Crippen LogP contribution in [0.5, 0.6) is 0 Å². The molecule has 0 aromatic carbocycles. The summed E-state index contributed by atoms with van der Waals surface area (Å²) >= 11 is 9.58. The smallest absolute Gasteiger partial charge is 0.135 e. The molecule has 7 heavy (non-hydrogen) atoms. The molecule has 0 amide bonds. The molecule has 0 radical (unpaired) electrons. The Morgan fingerprint density at radius 2 is 2.57 bits per heavy atom. The first-order valence-corrected chi connectivity index (χ1v) is 2.49. The van der Waals surface area contributed by atoms with E-state index in [2.05, 4.69) is 22.4 Å². The first-order valence-electron chi connectivity index (χ1n) is 1.71. The van der Waals surface area contributed by atoms with Gasteiger partial charge in [-0.2, -0.15) is 4.99 Å². The Hall–Kier alpha value is -0.170. The Morgan fingerprint density at radius 3 is 2.71 bits per heavy atom. The number of rotatable bonds is 1. The molecule has 0 N–H and O–H groups in total. The Morgan fingerprint density at radius 1 is 2.00 bits per heavy atom. The molecule has 0 saturated carbocycles. The van der Waals surface area contributed by atoms with Crippen LogP contribution in [0.25, 0.3) is 0 Å². The minimum Gasteiger partial charge on any atom is -0.183 e. The number of nitrogens with zero attached hydrogens (tertiary/aromatic N) is 1. The Labute approximate surface area is 52.7 Å². The first-order chi connectivity index (χ1) is 3.31. The summed E-state index contributed by atoms with van der Waals surface area (Å²) in [6.45, 7) is 1.78. The van der Waals surface area contributed by atoms with Gasteiger partial charge in [0.25, 0.3) is 0 Å². The zero-order valence-electron chi connectivity index (χ0n) is 3.81. The van der Waals surface area contributed by atoms with Gasteiger partial charge in [0.15, 0.2) is 0 Å². The van der Waals surface area contributed by atoms with E-state index in [0.29, 0.717) is 5.16 Å². The van der Waals surface area contributed by atoms with Crippen LogP contribution in [0.4, 0.5) is 0 Å². The second kappa shape index (κ2) is 4.00. The summed E-state index contributed by atoms with van der Waals surface area (Å²) in [5, 5.41) is 2.51. The molecule has 0 aromatic rings. The van der Waals surface area contributed by atoms with Crippen LogP contribution >= 0.6 is 23.8 Å². The number of aliphatic imine (C=N–C) groups is 1. The van der Waals surface area contributed by atoms with Crippen molar-refractivity contribution in [3.8, 4) is 0 Å². The SMILES string of the molecule is CC=C(Cl)N=C=S. The summed E-state index contributed by atoms with van der Waals surface area (Å²) in [6, 6.07) is 0. The van der Waals surface area contributed by atoms with E-state index in [4.69, 9.17) is 11.6 Å². The molecule has 0 aliphatic heterocycles. The van der Waals surface area contributed by atoms with Crippen LogP contribution in [0.2, 0.25) is 0 Å². The highest BCUT2D eigenvalue weighted by Crippen LogP contribution is 1.98. The molecule has 0 spiro atoms. The Bertz CT molecular complexity index is 124. The monoisotopic (exact) mass is 133 g/mol. The number of isothiocyanates is 1. The van der Waals surface area contributed by atoms with E-state index in [9.17, 15) is 0 Å². The number of halogens is 1. The van der Waals surface area contributed by atoms with Crippen molar-refractivity contribution in [2.45, 2.75) is 6.92 Å². The average molecular weight is 134 g/mol. The number of hydrogen-bond acceptors (Lipinski definition) is 2. The summed E-state index contributed by atoms with van der Waals surface area (Å²) in [5.74, 6) is 0. The van der Waals surface area contributed by atoms with Crippen molar-refractivity contribution in [1.29, 1.82) is 0 Å². The van der Waals surface area contributed by atoms with Crippen LogP contribution in [0.1, 0.15) is 6.92 Å². The predicted octanol–water partition coefficient (Wildman–Crippen LogP) is 2.19. The highest BCUT2D eigenvalue weighted by molar-refractivity contribution is 7.78. The molecule has 0 aliphatic carbocycles. The largest absolute Gasteiger partial charge is 0.183 e. The van der Waals surface area contributed by atoms with Crippen LogP contribution in [-0.2, 0) is 0 Å². The van der Waals surface area contributed by atoms with Crippen molar-refractivity contribution in [1.82, 2.24) is 0 Å². The van der Waals surface area contributed by atoms with Crippen LogP contribution in [0.3, 0.4) is 0 Å². The van der Waals surface area contributed by atoms with Crippen molar-refractivity contribution in [2.75, 3.05) is 0 Å². The standard InChI is InChI=1S/C4H4ClNS/c1-2-4(5)6-3-7/h2H,1H3. The molecule has 3 heteroatoms. The minimum absolute atomic E-state index is 0.384. The normalized spacial score (nSPS) is 10.3. The summed E-state index contributed by atoms with van der Waals surface area (Å²) in [6.07, 6.45) is 1.64. The maximum atomic E-state index is 5.33. The fraction of sp³-hybridized carbons (Fsp3) is 0.250. The van der Waals surface area contributed by atoms with Gasteiger partial charge in [-0.1, -0.05) is 11.6 Å². The van der Waals surface area contributed by atoms with E-state index >= 15 is 0 Å². The summed E-state index contributed by atoms with van der Waals surface area (Å²) in [4.78, 5) is 3.43. The van der Waals surface area contributed by atoms with Gasteiger partial charge in [-0.05, 0) is 25.2 Å². The fourth-order valence-corrected chi connectivity index (χ4v) is 0.299. The quantitative estimate of drug-likeness (QED) is 0.304. The van der Waals surface area contributed by atoms with Crippen molar-refractivity contribution < 1.29 is 0 Å². The van der Waals surface area contributed by atoms with E-state index in [-0.39, 0.29) is 0 Å². The molecular formula is C4H4ClNS. The first kappa shape index (κ1) is 6.83. The maximum Gasteiger partial charge on any atom is 0.135 e. The van der Waals surface area contributed by atoms with E-state index in [0.717, 1.165) is 0 Å². The van der Waals surface area contributed by atoms with E-state index < -0.39 is 0 Å². The van der Waals surface area contributed by atoms with Gasteiger partial charge in [0, 0.05) is 0 Å². The second-order valence-corrected chi connectivity index (χ2v) is 1.38. The Balaban J connectivity index is 3.82. The van der Waals surface area contributed by atoms with Crippen LogP contribution in [0.15, 0.2) is 16.2 Å². The third-order valence-electron chi connectivity index (χ3n) is 0.391. The van der Waals surface area contributed by atoms with Crippen molar-refractivity contribution in [3.05, 3.63) is 11.2 Å². The van der Waals surface area contributed by atoms with Gasteiger partial charge >= 0.3 is 0 Å². The predicted molar refractivity (Wildman–Crippen MR) is 34.6 cm³/mol. The molecule has 38 valence electrons. The summed E-state index contributed by atoms with van der Waals surface area (Å²) in [7, 11) is 0. The number of hydrogen-bond donors (Lipinski definition) is 0. The van der Waals surface area contributed by atoms with Gasteiger partial charge in [-0.15, -0.1) is 0 Å². The number of allylic oxidation sites excluding steroid dienone is 1. The number of thiocarbonyl (C=S) groups is 1. The van der Waals surface area contributed by atoms with E-state index in [1.807, 2.05) is 0 Å². The van der Waals surface area contributed by atoms with Crippen LogP contribution < -0.4 is 0 Å². The summed E-state index contributed by atoms with van der Waals surface area (Å²) in [5.41, 5.74) is 0. The van der Waals surface area contributed by atoms with Gasteiger partial charge in [-0.25, -0.2) is 0 Å². The molecule has 1 nitrogen and oxygen atoms in total. The molecule has 0 rings (SSSR count). The molecule has 0 aromatic heterocycles. The topological polar surface area (TPSA) is 12.4 Å². The molecule has 0 heterocycles. The van der Waals surface area contributed by atoms with Crippen molar-refractivity contribution in [3.63, 3.8) is 0 Å². The van der Waals surface area contributed by atoms with Gasteiger partial charge in [-0.3, -0.25) is 0 Å². The molecule has 0 unspecified atom stereocenters. The lowest BCUT2D eigenvalue weighted by molar-refractivity contribution is 1.50. The van der Waals surface area contributed by atoms with Crippen LogP contribution in [0, 0.1) is 0 Å². The zero-order chi connectivity index (χ0) is 5.70. The third-order valence-corrected chi connectivity index (χ3v) is 0.785. The molecular weight excluding hydrogens is 130 g/mol. The van der Waals surface area contributed by atoms with E-state index in [1.165, 1.54) is 0 Å². The van der Waals surface area contributed by atoms with Crippen LogP contribution in [-0.4, -0.2) is 5.16 Å². The van der Waals surface area contributed by atoms with Gasteiger partial charge in [0.1, 0.15) is 5.16 Å². The maximum absolute atomic E-state index is 5.33. The van der Waals surface area contributed by atoms with E-state index in [1.54, 1.807) is 13.0 Å². The molecule has 0 fully saturated rings. The van der Waals surface area contributed by atoms with Gasteiger partial charge in [0.2, 0.25) is 0 Å². The lowest BCUT2D eigenvalue weighted by atomic mass is 10.7. The lowest BCUT2D eigenvalue weighted by Crippen LogP contribution is -1.54. The van der Waals surface area contributed by atoms with Crippen molar-refractivity contribution in [2.24, 2.45) is 4.99 Å². The Kier molecular flexibility index (Phi) is 3.90. The lowest BCUT2D eigenvalue weighted by Gasteiger charge is -1.74. The molecule has 0 aliphatic rings. The highest BCUT2D eigenvalue weighted by Gasteiger charge is 1.74. The second-order valence-electron chi connectivity index (χ2n) is 0.814. The minimum atomic E-state index is 0.384. The molecule has 0 bridgehead atoms. The molecule has 0 saturated heterocycles. The third kappa shape index (κ3) is 3.67. The van der Waals surface area contributed by atoms with Gasteiger partial charge < -0.3 is 0 Å². The average Bonchev–Trinajstić information content (AvgIpc) is 1.68. The van der Waals surface area contributed by atoms with Crippen molar-refractivity contribution >= 4 is 29.0 Å². The van der Waals surface area contributed by atoms with Gasteiger partial charge in [0.05, 0.1) is 5.16 Å².